The highest BCUT2D eigenvalue weighted by atomic mass is 32.2. The number of thioether (sulfide) groups is 1. The fraction of sp³-hybridized carbons (Fsp3) is 0.211. The number of thiophene rings is 1. The van der Waals surface area contributed by atoms with Gasteiger partial charge in [-0.15, -0.1) is 23.1 Å². The first-order valence-corrected chi connectivity index (χ1v) is 12.4. The van der Waals surface area contributed by atoms with E-state index in [9.17, 15) is 32.3 Å². The van der Waals surface area contributed by atoms with Gasteiger partial charge in [-0.25, -0.2) is 9.18 Å². The summed E-state index contributed by atoms with van der Waals surface area (Å²) in [6.45, 7) is 0. The van der Waals surface area contributed by atoms with Crippen molar-refractivity contribution >= 4 is 51.0 Å². The van der Waals surface area contributed by atoms with Crippen LogP contribution >= 0.6 is 23.1 Å². The number of nitrogens with one attached hydrogen (secondary N) is 1. The Balaban J connectivity index is 1.52. The Morgan fingerprint density at radius 3 is 2.59 bits per heavy atom. The molecular formula is C19H15FN2O7S3. The Labute approximate surface area is 190 Å². The lowest BCUT2D eigenvalue weighted by Gasteiger charge is -2.48. The minimum atomic E-state index is -4.45. The van der Waals surface area contributed by atoms with E-state index in [0.29, 0.717) is 0 Å². The predicted molar refractivity (Wildman–Crippen MR) is 112 cm³/mol. The van der Waals surface area contributed by atoms with Crippen molar-refractivity contribution in [2.45, 2.75) is 22.7 Å². The summed E-state index contributed by atoms with van der Waals surface area (Å²) in [5, 5.41) is 13.3. The Bertz CT molecular complexity index is 1210. The summed E-state index contributed by atoms with van der Waals surface area (Å²) < 4.78 is 43.1. The molecule has 0 bridgehead atoms. The Morgan fingerprint density at radius 2 is 1.97 bits per heavy atom. The van der Waals surface area contributed by atoms with Gasteiger partial charge < -0.3 is 14.6 Å². The van der Waals surface area contributed by atoms with Crippen LogP contribution in [0, 0.1) is 5.82 Å². The highest BCUT2D eigenvalue weighted by Gasteiger charge is 2.55. The van der Waals surface area contributed by atoms with Gasteiger partial charge in [0.2, 0.25) is 5.91 Å². The minimum Gasteiger partial charge on any atom is -0.476 e. The van der Waals surface area contributed by atoms with Crippen LogP contribution in [0.2, 0.25) is 0 Å². The molecule has 1 fully saturated rings. The van der Waals surface area contributed by atoms with Crippen LogP contribution in [-0.4, -0.2) is 53.4 Å². The normalized spacial score (nSPS) is 20.4. The molecule has 2 amide bonds. The molecule has 168 valence electrons. The second-order valence-corrected chi connectivity index (χ2v) is 10.5. The standard InChI is InChI=1S/C19H15FN2O7S3/c20-10-3-5-12(6-4-10)32(27,28)29-13-9-31-18-15(17(24)22(18)16(13)19(25)26)21-14(23)8-11-2-1-7-30-11/h1-7,15,18H,8-9H2,(H,21,23)(H,25,26)/t15?,18-/m1/s1. The van der Waals surface area contributed by atoms with Crippen molar-refractivity contribution in [3.63, 3.8) is 0 Å². The summed E-state index contributed by atoms with van der Waals surface area (Å²) >= 11 is 2.46. The van der Waals surface area contributed by atoms with E-state index >= 15 is 0 Å². The van der Waals surface area contributed by atoms with E-state index < -0.39 is 50.7 Å². The highest BCUT2D eigenvalue weighted by molar-refractivity contribution is 8.00. The minimum absolute atomic E-state index is 0.0880. The first kappa shape index (κ1) is 22.3. The van der Waals surface area contributed by atoms with Crippen molar-refractivity contribution in [3.8, 4) is 0 Å². The summed E-state index contributed by atoms with van der Waals surface area (Å²) in [6, 6.07) is 6.47. The lowest BCUT2D eigenvalue weighted by Crippen LogP contribution is -2.70. The number of rotatable bonds is 7. The molecule has 1 aromatic carbocycles. The SMILES string of the molecule is O=C(Cc1cccs1)NC1C(=O)N2C(C(=O)O)=C(OS(=O)(=O)c3ccc(F)cc3)CS[C@H]12. The zero-order chi connectivity index (χ0) is 23.0. The van der Waals surface area contributed by atoms with Gasteiger partial charge in [-0.3, -0.25) is 14.5 Å². The molecule has 32 heavy (non-hydrogen) atoms. The monoisotopic (exact) mass is 498 g/mol. The molecule has 13 heteroatoms. The van der Waals surface area contributed by atoms with Gasteiger partial charge in [0.25, 0.3) is 5.91 Å². The van der Waals surface area contributed by atoms with Crippen molar-refractivity contribution in [2.75, 3.05) is 5.75 Å². The molecule has 2 atom stereocenters. The molecule has 1 saturated heterocycles. The first-order chi connectivity index (χ1) is 15.2. The molecule has 4 rings (SSSR count). The number of fused-ring (bicyclic) bond motifs is 1. The average Bonchev–Trinajstić information content (AvgIpc) is 3.24. The van der Waals surface area contributed by atoms with Gasteiger partial charge in [-0.05, 0) is 35.7 Å². The van der Waals surface area contributed by atoms with E-state index in [1.54, 1.807) is 12.1 Å². The molecule has 1 aromatic heterocycles. The second kappa shape index (κ2) is 8.56. The van der Waals surface area contributed by atoms with Gasteiger partial charge in [0.15, 0.2) is 11.5 Å². The van der Waals surface area contributed by atoms with Crippen molar-refractivity contribution in [3.05, 3.63) is 63.9 Å². The lowest BCUT2D eigenvalue weighted by atomic mass is 10.0. The van der Waals surface area contributed by atoms with Gasteiger partial charge >= 0.3 is 16.1 Å². The third kappa shape index (κ3) is 4.23. The molecule has 0 radical (unpaired) electrons. The van der Waals surface area contributed by atoms with Crippen molar-refractivity contribution in [2.24, 2.45) is 0 Å². The van der Waals surface area contributed by atoms with Crippen molar-refractivity contribution < 1.29 is 36.5 Å². The number of halogens is 1. The lowest BCUT2D eigenvalue weighted by molar-refractivity contribution is -0.151. The molecule has 2 N–H and O–H groups in total. The fourth-order valence-electron chi connectivity index (χ4n) is 3.23. The summed E-state index contributed by atoms with van der Waals surface area (Å²) in [7, 11) is -4.45. The highest BCUT2D eigenvalue weighted by Crippen LogP contribution is 2.41. The number of hydrogen-bond acceptors (Lipinski definition) is 8. The number of carboxylic acids is 1. The van der Waals surface area contributed by atoms with E-state index in [-0.39, 0.29) is 23.0 Å². The summed E-state index contributed by atoms with van der Waals surface area (Å²) in [6.07, 6.45) is 0.0880. The molecule has 2 aliphatic heterocycles. The van der Waals surface area contributed by atoms with Crippen molar-refractivity contribution in [1.29, 1.82) is 0 Å². The maximum Gasteiger partial charge on any atom is 0.356 e. The molecule has 1 unspecified atom stereocenters. The quantitative estimate of drug-likeness (QED) is 0.434. The number of carbonyl (C=O) groups is 3. The number of hydrogen-bond donors (Lipinski definition) is 2. The molecule has 2 aromatic rings. The second-order valence-electron chi connectivity index (χ2n) is 6.78. The Kier molecular flexibility index (Phi) is 5.97. The fourth-order valence-corrected chi connectivity index (χ4v) is 6.23. The van der Waals surface area contributed by atoms with Gasteiger partial charge in [0, 0.05) is 4.88 Å². The predicted octanol–water partition coefficient (Wildman–Crippen LogP) is 1.53. The van der Waals surface area contributed by atoms with Crippen molar-refractivity contribution in [1.82, 2.24) is 10.2 Å². The third-order valence-corrected chi connectivity index (χ3v) is 8.08. The number of β-lactam (4-membered cyclic amide) rings is 1. The number of carbonyl (C=O) groups excluding carboxylic acids is 2. The van der Waals surface area contributed by atoms with Gasteiger partial charge in [0.05, 0.1) is 12.2 Å². The summed E-state index contributed by atoms with van der Waals surface area (Å²) in [5.41, 5.74) is -0.604. The summed E-state index contributed by atoms with van der Waals surface area (Å²) in [4.78, 5) is 38.1. The van der Waals surface area contributed by atoms with Gasteiger partial charge in [0.1, 0.15) is 22.1 Å². The maximum absolute atomic E-state index is 13.1. The molecule has 3 heterocycles. The Morgan fingerprint density at radius 1 is 1.25 bits per heavy atom. The van der Waals surface area contributed by atoms with Crippen LogP contribution in [0.1, 0.15) is 4.88 Å². The first-order valence-electron chi connectivity index (χ1n) is 9.10. The largest absolute Gasteiger partial charge is 0.476 e. The maximum atomic E-state index is 13.1. The van der Waals surface area contributed by atoms with Gasteiger partial charge in [-0.1, -0.05) is 6.07 Å². The number of nitrogens with zero attached hydrogens (tertiary/aromatic N) is 1. The van der Waals surface area contributed by atoms with Crippen LogP contribution in [0.3, 0.4) is 0 Å². The van der Waals surface area contributed by atoms with Crippen LogP contribution in [-0.2, 0) is 35.1 Å². The van der Waals surface area contributed by atoms with E-state index in [1.807, 2.05) is 5.38 Å². The van der Waals surface area contributed by atoms with Crippen LogP contribution < -0.4 is 5.32 Å². The molecule has 9 nitrogen and oxygen atoms in total. The van der Waals surface area contributed by atoms with E-state index in [0.717, 1.165) is 45.8 Å². The topological polar surface area (TPSA) is 130 Å². The Hall–Kier alpha value is -2.90. The van der Waals surface area contributed by atoms with Crippen LogP contribution in [0.5, 0.6) is 0 Å². The smallest absolute Gasteiger partial charge is 0.356 e. The number of amides is 2. The number of aliphatic carboxylic acids is 1. The van der Waals surface area contributed by atoms with E-state index in [2.05, 4.69) is 5.32 Å². The van der Waals surface area contributed by atoms with Crippen LogP contribution in [0.4, 0.5) is 4.39 Å². The summed E-state index contributed by atoms with van der Waals surface area (Å²) in [5.74, 6) is -3.85. The zero-order valence-electron chi connectivity index (χ0n) is 16.1. The molecule has 0 spiro atoms. The third-order valence-electron chi connectivity index (χ3n) is 4.68. The van der Waals surface area contributed by atoms with E-state index in [4.69, 9.17) is 4.18 Å². The van der Waals surface area contributed by atoms with Crippen LogP contribution in [0.15, 0.2) is 58.1 Å². The average molecular weight is 499 g/mol. The number of carboxylic acid groups (broad SMARTS) is 1. The molecule has 2 aliphatic rings. The van der Waals surface area contributed by atoms with Gasteiger partial charge in [-0.2, -0.15) is 8.42 Å². The molecule has 0 saturated carbocycles. The molecular weight excluding hydrogens is 483 g/mol. The van der Waals surface area contributed by atoms with E-state index in [1.165, 1.54) is 11.3 Å². The molecule has 0 aliphatic carbocycles. The number of benzene rings is 1. The van der Waals surface area contributed by atoms with Crippen LogP contribution in [0.25, 0.3) is 0 Å². The zero-order valence-corrected chi connectivity index (χ0v) is 18.5.